The maximum atomic E-state index is 14.5. The second-order valence-electron chi connectivity index (χ2n) is 16.0. The lowest BCUT2D eigenvalue weighted by molar-refractivity contribution is -0.135. The second kappa shape index (κ2) is 24.3. The molecule has 352 valence electrons. The summed E-state index contributed by atoms with van der Waals surface area (Å²) in [5, 5.41) is 19.5. The van der Waals surface area contributed by atoms with Crippen LogP contribution < -0.4 is 54.4 Å². The number of H-pyrrole nitrogens is 2. The molecule has 2 aromatic carbocycles. The van der Waals surface area contributed by atoms with Crippen LogP contribution in [0.15, 0.2) is 78.3 Å². The number of nitrogens with zero attached hydrogens (tertiary/aromatic N) is 2. The molecule has 66 heavy (non-hydrogen) atoms. The quantitative estimate of drug-likeness (QED) is 0.0422. The average molecular weight is 911 g/mol. The Kier molecular flexibility index (Phi) is 18.2. The van der Waals surface area contributed by atoms with Crippen LogP contribution >= 0.6 is 0 Å². The number of guanidine groups is 1. The second-order valence-corrected chi connectivity index (χ2v) is 16.0. The van der Waals surface area contributed by atoms with E-state index in [1.165, 1.54) is 19.4 Å². The molecule has 8 amide bonds. The number of carbonyl (C=O) groups excluding carboxylic acids is 8. The van der Waals surface area contributed by atoms with Crippen molar-refractivity contribution in [2.24, 2.45) is 22.2 Å². The number of aromatic nitrogens is 3. The van der Waals surface area contributed by atoms with Crippen molar-refractivity contribution in [2.45, 2.75) is 101 Å². The Morgan fingerprint density at radius 1 is 0.742 bits per heavy atom. The van der Waals surface area contributed by atoms with E-state index in [4.69, 9.17) is 17.2 Å². The van der Waals surface area contributed by atoms with Crippen molar-refractivity contribution in [1.82, 2.24) is 52.2 Å². The highest BCUT2D eigenvalue weighted by Crippen LogP contribution is 2.20. The number of primary amides is 1. The van der Waals surface area contributed by atoms with Gasteiger partial charge in [-0.3, -0.25) is 43.3 Å². The Hall–Kier alpha value is -7.78. The van der Waals surface area contributed by atoms with Gasteiger partial charge in [0.1, 0.15) is 36.3 Å². The molecule has 3 heterocycles. The minimum absolute atomic E-state index is 0.0263. The maximum absolute atomic E-state index is 14.5. The number of fused-ring (bicyclic) bond motifs is 1. The fourth-order valence-electron chi connectivity index (χ4n) is 7.45. The van der Waals surface area contributed by atoms with Crippen molar-refractivity contribution in [3.05, 3.63) is 90.1 Å². The average Bonchev–Trinajstić information content (AvgIpc) is 3.95. The molecule has 1 aliphatic heterocycles. The molecule has 15 N–H and O–H groups in total. The van der Waals surface area contributed by atoms with Crippen molar-refractivity contribution >= 4 is 64.1 Å². The van der Waals surface area contributed by atoms with Crippen LogP contribution in [0.5, 0.6) is 0 Å². The molecule has 5 rings (SSSR count). The summed E-state index contributed by atoms with van der Waals surface area (Å²) < 4.78 is 0. The van der Waals surface area contributed by atoms with E-state index < -0.39 is 89.9 Å². The van der Waals surface area contributed by atoms with E-state index in [-0.39, 0.29) is 57.6 Å². The van der Waals surface area contributed by atoms with Crippen LogP contribution in [0.4, 0.5) is 0 Å². The maximum Gasteiger partial charge on any atom is 0.243 e. The zero-order chi connectivity index (χ0) is 47.6. The van der Waals surface area contributed by atoms with Crippen LogP contribution in [0.25, 0.3) is 10.9 Å². The highest BCUT2D eigenvalue weighted by Gasteiger charge is 2.34. The summed E-state index contributed by atoms with van der Waals surface area (Å²) in [6.07, 6.45) is 4.67. The van der Waals surface area contributed by atoms with Gasteiger partial charge in [-0.1, -0.05) is 48.5 Å². The fraction of sp³-hybridized carbons (Fsp3) is 0.409. The van der Waals surface area contributed by atoms with Crippen molar-refractivity contribution in [3.63, 3.8) is 0 Å². The summed E-state index contributed by atoms with van der Waals surface area (Å²) in [6, 6.07) is 8.19. The Morgan fingerprint density at radius 3 is 2.06 bits per heavy atom. The number of carbonyl (C=O) groups is 8. The first-order valence-corrected chi connectivity index (χ1v) is 21.6. The van der Waals surface area contributed by atoms with Crippen molar-refractivity contribution in [2.75, 3.05) is 13.1 Å². The molecular formula is C44H58N14O8. The van der Waals surface area contributed by atoms with Gasteiger partial charge in [0.25, 0.3) is 0 Å². The number of imidazole rings is 1. The lowest BCUT2D eigenvalue weighted by Gasteiger charge is -2.27. The molecule has 22 heteroatoms. The van der Waals surface area contributed by atoms with Crippen LogP contribution in [0.2, 0.25) is 0 Å². The van der Waals surface area contributed by atoms with Crippen molar-refractivity contribution in [3.8, 4) is 0 Å². The third-order valence-corrected chi connectivity index (χ3v) is 10.8. The van der Waals surface area contributed by atoms with Crippen LogP contribution in [0, 0.1) is 0 Å². The number of para-hydroxylation sites is 1. The van der Waals surface area contributed by atoms with E-state index >= 15 is 0 Å². The molecular weight excluding hydrogens is 853 g/mol. The van der Waals surface area contributed by atoms with E-state index in [0.717, 1.165) is 10.9 Å². The molecule has 1 saturated heterocycles. The molecule has 6 atom stereocenters. The molecule has 22 nitrogen and oxygen atoms in total. The topological polar surface area (TPSA) is 356 Å². The molecule has 1 fully saturated rings. The van der Waals surface area contributed by atoms with Crippen molar-refractivity contribution in [1.29, 1.82) is 0 Å². The summed E-state index contributed by atoms with van der Waals surface area (Å²) >= 11 is 0. The zero-order valence-corrected chi connectivity index (χ0v) is 36.6. The Bertz CT molecular complexity index is 2350. The van der Waals surface area contributed by atoms with E-state index in [1.807, 2.05) is 24.3 Å². The summed E-state index contributed by atoms with van der Waals surface area (Å²) in [5.74, 6) is -6.19. The molecule has 0 saturated carbocycles. The number of hydrogen-bond acceptors (Lipinski definition) is 10. The number of rotatable bonds is 12. The van der Waals surface area contributed by atoms with E-state index in [9.17, 15) is 38.4 Å². The van der Waals surface area contributed by atoms with Gasteiger partial charge in [0.15, 0.2) is 5.96 Å². The summed E-state index contributed by atoms with van der Waals surface area (Å²) in [5.41, 5.74) is 19.4. The van der Waals surface area contributed by atoms with Gasteiger partial charge < -0.3 is 64.4 Å². The van der Waals surface area contributed by atoms with Crippen LogP contribution in [0.1, 0.15) is 62.3 Å². The first-order valence-electron chi connectivity index (χ1n) is 21.6. The molecule has 4 aromatic rings. The minimum Gasteiger partial charge on any atom is -0.370 e. The highest BCUT2D eigenvalue weighted by molar-refractivity contribution is 5.98. The van der Waals surface area contributed by atoms with Gasteiger partial charge in [0, 0.05) is 68.3 Å². The third kappa shape index (κ3) is 15.2. The van der Waals surface area contributed by atoms with Gasteiger partial charge in [-0.2, -0.15) is 0 Å². The zero-order valence-electron chi connectivity index (χ0n) is 36.6. The highest BCUT2D eigenvalue weighted by atomic mass is 16.2. The van der Waals surface area contributed by atoms with Gasteiger partial charge in [0.2, 0.25) is 47.3 Å². The molecule has 1 aliphatic rings. The Labute approximate surface area is 380 Å². The summed E-state index contributed by atoms with van der Waals surface area (Å²) in [7, 11) is 0. The molecule has 2 aromatic heterocycles. The summed E-state index contributed by atoms with van der Waals surface area (Å²) in [6.45, 7) is 1.36. The van der Waals surface area contributed by atoms with E-state index in [0.29, 0.717) is 29.7 Å². The lowest BCUT2D eigenvalue weighted by atomic mass is 10.0. The van der Waals surface area contributed by atoms with Gasteiger partial charge in [-0.25, -0.2) is 4.98 Å². The molecule has 0 aliphatic carbocycles. The smallest absolute Gasteiger partial charge is 0.243 e. The number of aliphatic imine (C=N–C) groups is 1. The number of hydrogen-bond donors (Lipinski definition) is 12. The van der Waals surface area contributed by atoms with Crippen LogP contribution in [-0.4, -0.2) is 118 Å². The van der Waals surface area contributed by atoms with Gasteiger partial charge in [-0.05, 0) is 49.3 Å². The van der Waals surface area contributed by atoms with Crippen molar-refractivity contribution < 1.29 is 38.4 Å². The van der Waals surface area contributed by atoms with Gasteiger partial charge in [-0.15, -0.1) is 0 Å². The van der Waals surface area contributed by atoms with Gasteiger partial charge in [0.05, 0.1) is 12.7 Å². The molecule has 0 spiro atoms. The first-order chi connectivity index (χ1) is 31.7. The Balaban J connectivity index is 1.53. The predicted molar refractivity (Wildman–Crippen MR) is 242 cm³/mol. The Morgan fingerprint density at radius 2 is 1.38 bits per heavy atom. The number of aromatic amines is 2. The number of amides is 8. The number of nitrogens with one attached hydrogen (secondary N) is 9. The van der Waals surface area contributed by atoms with Gasteiger partial charge >= 0.3 is 0 Å². The number of benzene rings is 2. The first kappa shape index (κ1) is 49.2. The van der Waals surface area contributed by atoms with E-state index in [1.54, 1.807) is 36.5 Å². The predicted octanol–water partition coefficient (Wildman–Crippen LogP) is -1.92. The standard InChI is InChI=1S/C44H58N14O8/c1-25(59)53-36-21-37(60)49-16-8-7-14-31(38(45)61)54-41(64)34(19-27-22-51-30-13-6-5-12-29(27)30)57-39(62)32(15-9-17-50-44(46)47)55-40(63)33(18-26-10-3-2-4-11-26)56-42(65)35(58-43(36)66)20-28-23-48-24-52-28/h2-6,10-13,22-24,31-36,51H,7-9,14-21H2,1H3,(H2,45,61)(H,48,52)(H,49,60)(H,53,59)(H,54,64)(H,55,63)(H,56,65)(H,57,62)(H,58,66)(H4,46,47,50)/t31-,32+,33+,34-,35+,36-/m0/s1. The molecule has 0 unspecified atom stereocenters. The number of nitrogens with two attached hydrogens (primary N) is 3. The fourth-order valence-corrected chi connectivity index (χ4v) is 7.45. The third-order valence-electron chi connectivity index (χ3n) is 10.8. The largest absolute Gasteiger partial charge is 0.370 e. The monoisotopic (exact) mass is 910 g/mol. The minimum atomic E-state index is -1.41. The van der Waals surface area contributed by atoms with Crippen LogP contribution in [-0.2, 0) is 57.6 Å². The normalized spacial score (nSPS) is 22.1. The van der Waals surface area contributed by atoms with E-state index in [2.05, 4.69) is 57.2 Å². The van der Waals surface area contributed by atoms with Crippen LogP contribution in [0.3, 0.4) is 0 Å². The molecule has 0 bridgehead atoms. The summed E-state index contributed by atoms with van der Waals surface area (Å²) in [4.78, 5) is 123. The SMILES string of the molecule is CC(=O)N[C@H]1CC(=O)NCCCC[C@@H](C(N)=O)NC(=O)[C@H](Cc2c[nH]c3ccccc23)NC(=O)[C@@H](CCCN=C(N)N)NC(=O)[C@@H](Cc2ccccc2)NC(=O)[C@@H](Cc2cnc[nH]2)NC1=O. The molecule has 0 radical (unpaired) electrons. The lowest BCUT2D eigenvalue weighted by Crippen LogP contribution is -2.60.